The van der Waals surface area contributed by atoms with Gasteiger partial charge in [0.1, 0.15) is 5.82 Å². The zero-order valence-electron chi connectivity index (χ0n) is 9.10. The molecule has 0 saturated carbocycles. The van der Waals surface area contributed by atoms with Crippen LogP contribution in [-0.4, -0.2) is 13.6 Å². The lowest BCUT2D eigenvalue weighted by atomic mass is 9.81. The summed E-state index contributed by atoms with van der Waals surface area (Å²) in [4.78, 5) is 0. The normalized spacial score (nSPS) is 11.7. The van der Waals surface area contributed by atoms with Crippen LogP contribution in [0.15, 0.2) is 24.3 Å². The smallest absolute Gasteiger partial charge is 0.123 e. The molecule has 0 spiro atoms. The van der Waals surface area contributed by atoms with E-state index in [1.165, 1.54) is 17.7 Å². The first kappa shape index (κ1) is 11.2. The molecule has 0 bridgehead atoms. The summed E-state index contributed by atoms with van der Waals surface area (Å²) in [5, 5.41) is 3.13. The molecular weight excluding hydrogens is 177 g/mol. The van der Waals surface area contributed by atoms with Gasteiger partial charge in [0.05, 0.1) is 0 Å². The number of rotatable bonds is 4. The molecule has 0 amide bonds. The van der Waals surface area contributed by atoms with E-state index in [9.17, 15) is 4.39 Å². The highest BCUT2D eigenvalue weighted by molar-refractivity contribution is 5.24. The Balaban J connectivity index is 2.75. The van der Waals surface area contributed by atoms with E-state index in [0.29, 0.717) is 0 Å². The lowest BCUT2D eigenvalue weighted by molar-refractivity contribution is 0.467. The highest BCUT2D eigenvalue weighted by atomic mass is 19.1. The summed E-state index contributed by atoms with van der Waals surface area (Å²) in [6, 6.07) is 6.78. The van der Waals surface area contributed by atoms with E-state index in [0.717, 1.165) is 13.0 Å². The van der Waals surface area contributed by atoms with Gasteiger partial charge in [0.25, 0.3) is 0 Å². The summed E-state index contributed by atoms with van der Waals surface area (Å²) in [5.41, 5.74) is 1.30. The first-order chi connectivity index (χ1) is 6.56. The Hall–Kier alpha value is -0.890. The van der Waals surface area contributed by atoms with Gasteiger partial charge in [-0.05, 0) is 43.1 Å². The van der Waals surface area contributed by atoms with Crippen LogP contribution in [0.4, 0.5) is 4.39 Å². The molecular formula is C12H18FN. The van der Waals surface area contributed by atoms with Crippen LogP contribution in [-0.2, 0) is 5.41 Å². The fourth-order valence-corrected chi connectivity index (χ4v) is 1.48. The molecule has 0 fully saturated rings. The molecule has 0 unspecified atom stereocenters. The quantitative estimate of drug-likeness (QED) is 0.779. The van der Waals surface area contributed by atoms with Gasteiger partial charge in [-0.1, -0.05) is 26.0 Å². The molecule has 2 heteroatoms. The Labute approximate surface area is 85.3 Å². The number of hydrogen-bond acceptors (Lipinski definition) is 1. The van der Waals surface area contributed by atoms with Crippen LogP contribution in [0, 0.1) is 5.82 Å². The van der Waals surface area contributed by atoms with Gasteiger partial charge in [-0.3, -0.25) is 0 Å². The van der Waals surface area contributed by atoms with E-state index < -0.39 is 0 Å². The molecule has 0 radical (unpaired) electrons. The average molecular weight is 195 g/mol. The van der Waals surface area contributed by atoms with E-state index in [-0.39, 0.29) is 11.2 Å². The molecule has 1 rings (SSSR count). The van der Waals surface area contributed by atoms with Gasteiger partial charge in [-0.25, -0.2) is 4.39 Å². The standard InChI is InChI=1S/C12H18FN/c1-12(2,8-9-14-3)10-4-6-11(13)7-5-10/h4-7,14H,8-9H2,1-3H3. The Morgan fingerprint density at radius 2 is 1.79 bits per heavy atom. The third-order valence-electron chi connectivity index (χ3n) is 2.63. The van der Waals surface area contributed by atoms with Gasteiger partial charge in [0.15, 0.2) is 0 Å². The second-order valence-electron chi connectivity index (χ2n) is 4.24. The first-order valence-corrected chi connectivity index (χ1v) is 4.97. The maximum absolute atomic E-state index is 12.7. The van der Waals surface area contributed by atoms with Crippen molar-refractivity contribution >= 4 is 0 Å². The summed E-state index contributed by atoms with van der Waals surface area (Å²) in [6.45, 7) is 5.33. The predicted octanol–water partition coefficient (Wildman–Crippen LogP) is 2.71. The van der Waals surface area contributed by atoms with Crippen molar-refractivity contribution in [1.29, 1.82) is 0 Å². The molecule has 14 heavy (non-hydrogen) atoms. The third kappa shape index (κ3) is 2.81. The van der Waals surface area contributed by atoms with Crippen LogP contribution in [0.5, 0.6) is 0 Å². The lowest BCUT2D eigenvalue weighted by Gasteiger charge is -2.25. The van der Waals surface area contributed by atoms with Crippen molar-refractivity contribution in [1.82, 2.24) is 5.32 Å². The van der Waals surface area contributed by atoms with Crippen molar-refractivity contribution in [3.8, 4) is 0 Å². The maximum atomic E-state index is 12.7. The van der Waals surface area contributed by atoms with Gasteiger partial charge in [0.2, 0.25) is 0 Å². The molecule has 1 nitrogen and oxygen atoms in total. The molecule has 0 atom stereocenters. The second-order valence-corrected chi connectivity index (χ2v) is 4.24. The lowest BCUT2D eigenvalue weighted by Crippen LogP contribution is -2.23. The van der Waals surface area contributed by atoms with Gasteiger partial charge < -0.3 is 5.32 Å². The van der Waals surface area contributed by atoms with Gasteiger partial charge in [-0.2, -0.15) is 0 Å². The van der Waals surface area contributed by atoms with Crippen molar-refractivity contribution in [2.24, 2.45) is 0 Å². The summed E-state index contributed by atoms with van der Waals surface area (Å²) in [6.07, 6.45) is 1.05. The molecule has 0 aromatic heterocycles. The van der Waals surface area contributed by atoms with Crippen molar-refractivity contribution in [2.45, 2.75) is 25.7 Å². The minimum atomic E-state index is -0.168. The first-order valence-electron chi connectivity index (χ1n) is 4.97. The Morgan fingerprint density at radius 3 is 2.29 bits per heavy atom. The zero-order valence-corrected chi connectivity index (χ0v) is 9.10. The molecule has 0 aliphatic carbocycles. The maximum Gasteiger partial charge on any atom is 0.123 e. The van der Waals surface area contributed by atoms with Gasteiger partial charge >= 0.3 is 0 Å². The predicted molar refractivity (Wildman–Crippen MR) is 58.0 cm³/mol. The van der Waals surface area contributed by atoms with Gasteiger partial charge in [-0.15, -0.1) is 0 Å². The molecule has 0 saturated heterocycles. The van der Waals surface area contributed by atoms with Crippen LogP contribution in [0.3, 0.4) is 0 Å². The Kier molecular flexibility index (Phi) is 3.64. The second kappa shape index (κ2) is 4.56. The Morgan fingerprint density at radius 1 is 1.21 bits per heavy atom. The Bertz CT molecular complexity index is 277. The van der Waals surface area contributed by atoms with Crippen LogP contribution >= 0.6 is 0 Å². The van der Waals surface area contributed by atoms with E-state index in [4.69, 9.17) is 0 Å². The van der Waals surface area contributed by atoms with Gasteiger partial charge in [0, 0.05) is 0 Å². The number of benzene rings is 1. The number of halogens is 1. The summed E-state index contributed by atoms with van der Waals surface area (Å²) in [7, 11) is 1.95. The third-order valence-corrected chi connectivity index (χ3v) is 2.63. The van der Waals surface area contributed by atoms with E-state index >= 15 is 0 Å². The van der Waals surface area contributed by atoms with Crippen LogP contribution < -0.4 is 5.32 Å². The largest absolute Gasteiger partial charge is 0.320 e. The zero-order chi connectivity index (χ0) is 10.6. The SMILES string of the molecule is CNCCC(C)(C)c1ccc(F)cc1. The van der Waals surface area contributed by atoms with E-state index in [1.54, 1.807) is 0 Å². The van der Waals surface area contributed by atoms with E-state index in [2.05, 4.69) is 19.2 Å². The van der Waals surface area contributed by atoms with Crippen molar-refractivity contribution in [2.75, 3.05) is 13.6 Å². The van der Waals surface area contributed by atoms with E-state index in [1.807, 2.05) is 19.2 Å². The highest BCUT2D eigenvalue weighted by Gasteiger charge is 2.19. The molecule has 0 heterocycles. The summed E-state index contributed by atoms with van der Waals surface area (Å²) >= 11 is 0. The average Bonchev–Trinajstić information content (AvgIpc) is 2.16. The highest BCUT2D eigenvalue weighted by Crippen LogP contribution is 2.26. The minimum Gasteiger partial charge on any atom is -0.320 e. The van der Waals surface area contributed by atoms with Crippen molar-refractivity contribution in [3.05, 3.63) is 35.6 Å². The molecule has 78 valence electrons. The monoisotopic (exact) mass is 195 g/mol. The molecule has 1 aromatic rings. The molecule has 1 N–H and O–H groups in total. The van der Waals surface area contributed by atoms with Crippen molar-refractivity contribution < 1.29 is 4.39 Å². The number of nitrogens with one attached hydrogen (secondary N) is 1. The summed E-state index contributed by atoms with van der Waals surface area (Å²) in [5.74, 6) is -0.168. The molecule has 0 aliphatic heterocycles. The fraction of sp³-hybridized carbons (Fsp3) is 0.500. The fourth-order valence-electron chi connectivity index (χ4n) is 1.48. The van der Waals surface area contributed by atoms with Crippen LogP contribution in [0.1, 0.15) is 25.8 Å². The topological polar surface area (TPSA) is 12.0 Å². The molecule has 1 aromatic carbocycles. The van der Waals surface area contributed by atoms with Crippen LogP contribution in [0.2, 0.25) is 0 Å². The summed E-state index contributed by atoms with van der Waals surface area (Å²) < 4.78 is 12.7. The number of hydrogen-bond donors (Lipinski definition) is 1. The van der Waals surface area contributed by atoms with Crippen LogP contribution in [0.25, 0.3) is 0 Å². The minimum absolute atomic E-state index is 0.108. The van der Waals surface area contributed by atoms with Crippen molar-refractivity contribution in [3.63, 3.8) is 0 Å². The molecule has 0 aliphatic rings.